The predicted octanol–water partition coefficient (Wildman–Crippen LogP) is 6.38. The Hall–Kier alpha value is -2.33. The van der Waals surface area contributed by atoms with Crippen molar-refractivity contribution in [3.05, 3.63) is 71.7 Å². The van der Waals surface area contributed by atoms with Crippen LogP contribution in [0.25, 0.3) is 0 Å². The van der Waals surface area contributed by atoms with Crippen molar-refractivity contribution in [2.75, 3.05) is 33.2 Å². The van der Waals surface area contributed by atoms with Crippen LogP contribution in [0.2, 0.25) is 0 Å². The fourth-order valence-corrected chi connectivity index (χ4v) is 5.58. The molecule has 1 fully saturated rings. The molecule has 3 rings (SSSR count). The highest BCUT2D eigenvalue weighted by Gasteiger charge is 2.29. The van der Waals surface area contributed by atoms with Crippen LogP contribution < -0.4 is 5.32 Å². The quantitative estimate of drug-likeness (QED) is 0.277. The molecule has 0 amide bonds. The molecule has 3 aliphatic rings. The Labute approximate surface area is 208 Å². The van der Waals surface area contributed by atoms with E-state index in [2.05, 4.69) is 67.4 Å². The zero-order valence-corrected chi connectivity index (χ0v) is 21.8. The molecule has 1 aliphatic heterocycles. The molecular formula is C30H46N4. The van der Waals surface area contributed by atoms with E-state index in [1.807, 2.05) is 12.2 Å². The van der Waals surface area contributed by atoms with E-state index in [9.17, 15) is 5.41 Å². The van der Waals surface area contributed by atoms with Crippen LogP contribution in [0.4, 0.5) is 0 Å². The van der Waals surface area contributed by atoms with Crippen LogP contribution in [0.3, 0.4) is 0 Å². The summed E-state index contributed by atoms with van der Waals surface area (Å²) in [6.07, 6.45) is 20.1. The molecule has 1 atom stereocenters. The minimum atomic E-state index is 0.0643. The molecule has 1 heterocycles. The summed E-state index contributed by atoms with van der Waals surface area (Å²) >= 11 is 0. The Morgan fingerprint density at radius 3 is 2.71 bits per heavy atom. The Morgan fingerprint density at radius 1 is 1.26 bits per heavy atom. The molecule has 2 N–H and O–H groups in total. The minimum absolute atomic E-state index is 0.0643. The number of hydrogen-bond donors (Lipinski definition) is 2. The molecule has 2 aliphatic carbocycles. The van der Waals surface area contributed by atoms with Gasteiger partial charge >= 0.3 is 0 Å². The molecule has 1 unspecified atom stereocenters. The van der Waals surface area contributed by atoms with Gasteiger partial charge in [-0.25, -0.2) is 0 Å². The SMILES string of the molecule is C=CCCN(CC)/C(C)=C/C1=C(C=C)C(C(=N)C2=C(NC3CCCCC3)CCN(C)C2)CC=C1. The average molecular weight is 463 g/mol. The Morgan fingerprint density at radius 2 is 2.03 bits per heavy atom. The third-order valence-electron chi connectivity index (χ3n) is 7.64. The van der Waals surface area contributed by atoms with Crippen molar-refractivity contribution in [3.8, 4) is 0 Å². The van der Waals surface area contributed by atoms with Crippen molar-refractivity contribution in [1.82, 2.24) is 15.1 Å². The Bertz CT molecular complexity index is 866. The summed E-state index contributed by atoms with van der Waals surface area (Å²) in [5.74, 6) is 0.0643. The maximum absolute atomic E-state index is 9.35. The van der Waals surface area contributed by atoms with E-state index in [0.717, 1.165) is 51.2 Å². The van der Waals surface area contributed by atoms with Crippen LogP contribution in [-0.4, -0.2) is 54.8 Å². The topological polar surface area (TPSA) is 42.4 Å². The first-order chi connectivity index (χ1) is 16.5. The fourth-order valence-electron chi connectivity index (χ4n) is 5.58. The highest BCUT2D eigenvalue weighted by Crippen LogP contribution is 2.33. The van der Waals surface area contributed by atoms with Crippen LogP contribution in [0.1, 0.15) is 65.2 Å². The van der Waals surface area contributed by atoms with E-state index in [0.29, 0.717) is 6.04 Å². The Balaban J connectivity index is 1.88. The number of rotatable bonds is 11. The fraction of sp³-hybridized carbons (Fsp3) is 0.567. The molecule has 34 heavy (non-hydrogen) atoms. The van der Waals surface area contributed by atoms with E-state index in [1.165, 1.54) is 60.2 Å². The third kappa shape index (κ3) is 6.63. The van der Waals surface area contributed by atoms with Crippen molar-refractivity contribution in [2.45, 2.75) is 71.3 Å². The van der Waals surface area contributed by atoms with Gasteiger partial charge in [0.25, 0.3) is 0 Å². The highest BCUT2D eigenvalue weighted by atomic mass is 15.1. The first kappa shape index (κ1) is 26.3. The summed E-state index contributed by atoms with van der Waals surface area (Å²) in [6.45, 7) is 16.3. The first-order valence-corrected chi connectivity index (χ1v) is 13.3. The maximum Gasteiger partial charge on any atom is 0.0454 e. The molecule has 0 bridgehead atoms. The smallest absolute Gasteiger partial charge is 0.0454 e. The van der Waals surface area contributed by atoms with Crippen molar-refractivity contribution in [2.24, 2.45) is 5.92 Å². The summed E-state index contributed by atoms with van der Waals surface area (Å²) in [6, 6.07) is 0.576. The molecule has 4 heteroatoms. The molecule has 0 aromatic carbocycles. The van der Waals surface area contributed by atoms with E-state index in [1.54, 1.807) is 0 Å². The molecule has 186 valence electrons. The van der Waals surface area contributed by atoms with Gasteiger partial charge in [0.1, 0.15) is 0 Å². The molecule has 1 saturated carbocycles. The van der Waals surface area contributed by atoms with Gasteiger partial charge in [-0.15, -0.1) is 6.58 Å². The summed E-state index contributed by atoms with van der Waals surface area (Å²) in [4.78, 5) is 4.75. The van der Waals surface area contributed by atoms with Gasteiger partial charge in [0, 0.05) is 67.2 Å². The lowest BCUT2D eigenvalue weighted by Gasteiger charge is -2.35. The monoisotopic (exact) mass is 462 g/mol. The molecule has 4 nitrogen and oxygen atoms in total. The van der Waals surface area contributed by atoms with Crippen molar-refractivity contribution in [3.63, 3.8) is 0 Å². The molecule has 0 spiro atoms. The standard InChI is InChI=1S/C30H46N4/c1-6-9-19-34(8-3)23(4)21-24-14-13-17-27(26(24)7-2)30(31)28-22-33(5)20-18-29(28)32-25-15-11-10-12-16-25/h6-7,13-14,21,25,27,31-32H,1-2,8-12,15-20,22H2,3-5H3/b23-21+,31-30?. The predicted molar refractivity (Wildman–Crippen MR) is 147 cm³/mol. The van der Waals surface area contributed by atoms with Gasteiger partial charge in [0.2, 0.25) is 0 Å². The highest BCUT2D eigenvalue weighted by molar-refractivity contribution is 6.03. The zero-order chi connectivity index (χ0) is 24.5. The second kappa shape index (κ2) is 12.9. The second-order valence-electron chi connectivity index (χ2n) is 10.1. The number of hydrogen-bond acceptors (Lipinski definition) is 4. The van der Waals surface area contributed by atoms with Gasteiger partial charge in [-0.3, -0.25) is 0 Å². The van der Waals surface area contributed by atoms with Gasteiger partial charge in [-0.2, -0.15) is 0 Å². The van der Waals surface area contributed by atoms with Crippen LogP contribution in [0.5, 0.6) is 0 Å². The van der Waals surface area contributed by atoms with Crippen molar-refractivity contribution >= 4 is 5.71 Å². The van der Waals surface area contributed by atoms with Gasteiger partial charge in [0.15, 0.2) is 0 Å². The van der Waals surface area contributed by atoms with Gasteiger partial charge < -0.3 is 20.5 Å². The van der Waals surface area contributed by atoms with Crippen molar-refractivity contribution in [1.29, 1.82) is 5.41 Å². The lowest BCUT2D eigenvalue weighted by molar-refractivity contribution is 0.330. The minimum Gasteiger partial charge on any atom is -0.385 e. The molecule has 0 aromatic rings. The van der Waals surface area contributed by atoms with Gasteiger partial charge in [0.05, 0.1) is 0 Å². The number of nitrogens with zero attached hydrogens (tertiary/aromatic N) is 2. The van der Waals surface area contributed by atoms with Crippen LogP contribution in [0, 0.1) is 11.3 Å². The van der Waals surface area contributed by atoms with E-state index < -0.39 is 0 Å². The summed E-state index contributed by atoms with van der Waals surface area (Å²) in [5, 5.41) is 13.2. The van der Waals surface area contributed by atoms with E-state index >= 15 is 0 Å². The summed E-state index contributed by atoms with van der Waals surface area (Å²) < 4.78 is 0. The number of nitrogens with one attached hydrogen (secondary N) is 2. The second-order valence-corrected chi connectivity index (χ2v) is 10.1. The van der Waals surface area contributed by atoms with Crippen LogP contribution in [-0.2, 0) is 0 Å². The number of likely N-dealkylation sites (N-methyl/N-ethyl adjacent to an activating group) is 1. The zero-order valence-electron chi connectivity index (χ0n) is 21.8. The summed E-state index contributed by atoms with van der Waals surface area (Å²) in [7, 11) is 2.18. The summed E-state index contributed by atoms with van der Waals surface area (Å²) in [5.41, 5.74) is 6.93. The van der Waals surface area contributed by atoms with Crippen LogP contribution in [0.15, 0.2) is 71.7 Å². The van der Waals surface area contributed by atoms with E-state index in [4.69, 9.17) is 0 Å². The molecule has 0 saturated heterocycles. The first-order valence-electron chi connectivity index (χ1n) is 13.3. The number of allylic oxidation sites excluding steroid dienone is 7. The maximum atomic E-state index is 9.35. The third-order valence-corrected chi connectivity index (χ3v) is 7.64. The largest absolute Gasteiger partial charge is 0.385 e. The lowest BCUT2D eigenvalue weighted by atomic mass is 9.79. The normalized spacial score (nSPS) is 22.7. The lowest BCUT2D eigenvalue weighted by Crippen LogP contribution is -2.40. The van der Waals surface area contributed by atoms with Crippen LogP contribution >= 0.6 is 0 Å². The van der Waals surface area contributed by atoms with Gasteiger partial charge in [-0.05, 0) is 63.8 Å². The molecule has 0 radical (unpaired) electrons. The molecular weight excluding hydrogens is 416 g/mol. The molecule has 0 aromatic heterocycles. The van der Waals surface area contributed by atoms with Gasteiger partial charge in [-0.1, -0.05) is 50.1 Å². The Kier molecular flexibility index (Phi) is 10.0. The van der Waals surface area contributed by atoms with Crippen molar-refractivity contribution < 1.29 is 0 Å². The average Bonchev–Trinajstić information content (AvgIpc) is 2.85. The van der Waals surface area contributed by atoms with E-state index in [-0.39, 0.29) is 5.92 Å².